The van der Waals surface area contributed by atoms with Gasteiger partial charge in [-0.2, -0.15) is 0 Å². The van der Waals surface area contributed by atoms with Crippen molar-refractivity contribution >= 4 is 8.25 Å². The van der Waals surface area contributed by atoms with E-state index in [9.17, 15) is 13.3 Å². The number of nitrogens with zero attached hydrogens (tertiary/aromatic N) is 2. The van der Waals surface area contributed by atoms with Crippen LogP contribution in [0.25, 0.3) is 22.5 Å². The molecule has 8 heteroatoms. The average molecular weight is 480 g/mol. The zero-order chi connectivity index (χ0) is 23.8. The Kier molecular flexibility index (Phi) is 8.26. The van der Waals surface area contributed by atoms with E-state index in [-0.39, 0.29) is 0 Å². The first-order valence-corrected chi connectivity index (χ1v) is 11.9. The smallest absolute Gasteiger partial charge is 0.307 e. The van der Waals surface area contributed by atoms with E-state index in [1.165, 1.54) is 0 Å². The molecule has 0 spiro atoms. The van der Waals surface area contributed by atoms with E-state index < -0.39 is 33.8 Å². The van der Waals surface area contributed by atoms with Crippen LogP contribution >= 0.6 is 8.25 Å². The van der Waals surface area contributed by atoms with Gasteiger partial charge in [0.1, 0.15) is 12.3 Å². The maximum atomic E-state index is 14.5. The van der Waals surface area contributed by atoms with Gasteiger partial charge in [-0.25, -0.2) is 8.78 Å². The molecule has 0 aliphatic carbocycles. The van der Waals surface area contributed by atoms with Crippen molar-refractivity contribution in [2.45, 2.75) is 12.3 Å². The first-order valence-electron chi connectivity index (χ1n) is 10.7. The fourth-order valence-electron chi connectivity index (χ4n) is 3.31. The molecule has 5 nitrogen and oxygen atoms in total. The summed E-state index contributed by atoms with van der Waals surface area (Å²) in [5.74, 6) is 0. The zero-order valence-electron chi connectivity index (χ0n) is 18.2. The van der Waals surface area contributed by atoms with Crippen molar-refractivity contribution in [2.24, 2.45) is 0 Å². The molecule has 0 radical (unpaired) electrons. The maximum absolute atomic E-state index is 14.5. The van der Waals surface area contributed by atoms with Gasteiger partial charge in [-0.1, -0.05) is 60.7 Å². The number of pyridine rings is 2. The van der Waals surface area contributed by atoms with Gasteiger partial charge in [0, 0.05) is 23.5 Å². The Bertz CT molecular complexity index is 1100. The molecular formula is C26H23F2N2O3P. The Morgan fingerprint density at radius 2 is 1.06 bits per heavy atom. The maximum Gasteiger partial charge on any atom is 0.319 e. The first kappa shape index (κ1) is 23.9. The third-order valence-corrected chi connectivity index (χ3v) is 5.97. The molecule has 34 heavy (non-hydrogen) atoms. The molecule has 2 aromatic carbocycles. The fraction of sp³-hybridized carbons (Fsp3) is 0.154. The first-order chi connectivity index (χ1) is 16.6. The second-order valence-electron chi connectivity index (χ2n) is 7.48. The molecule has 4 aromatic rings. The fourth-order valence-corrected chi connectivity index (χ4v) is 3.96. The Morgan fingerprint density at radius 3 is 1.41 bits per heavy atom. The summed E-state index contributed by atoms with van der Waals surface area (Å²) in [6, 6.07) is 24.7. The highest BCUT2D eigenvalue weighted by Crippen LogP contribution is 2.32. The molecule has 0 fully saturated rings. The summed E-state index contributed by atoms with van der Waals surface area (Å²) in [5, 5.41) is 0. The molecule has 174 valence electrons. The van der Waals surface area contributed by atoms with Crippen molar-refractivity contribution in [1.29, 1.82) is 0 Å². The van der Waals surface area contributed by atoms with Crippen LogP contribution in [0, 0.1) is 0 Å². The Hall–Kier alpha value is -3.25. The number of hydrogen-bond donors (Lipinski definition) is 0. The summed E-state index contributed by atoms with van der Waals surface area (Å²) in [4.78, 5) is 8.50. The molecule has 0 saturated heterocycles. The highest BCUT2D eigenvalue weighted by molar-refractivity contribution is 7.33. The number of alkyl halides is 2. The van der Waals surface area contributed by atoms with Crippen LogP contribution in [0.4, 0.5) is 8.78 Å². The van der Waals surface area contributed by atoms with Gasteiger partial charge in [-0.05, 0) is 35.4 Å². The number of benzene rings is 2. The van der Waals surface area contributed by atoms with Crippen molar-refractivity contribution in [1.82, 2.24) is 9.97 Å². The quantitative estimate of drug-likeness (QED) is 0.230. The topological polar surface area (TPSA) is 61.3 Å². The minimum Gasteiger partial charge on any atom is -0.307 e. The number of aromatic nitrogens is 2. The number of rotatable bonds is 10. The summed E-state index contributed by atoms with van der Waals surface area (Å²) >= 11 is 0. The lowest BCUT2D eigenvalue weighted by Gasteiger charge is -2.12. The number of hydrogen-bond acceptors (Lipinski definition) is 5. The van der Waals surface area contributed by atoms with Crippen LogP contribution in [-0.2, 0) is 13.6 Å². The van der Waals surface area contributed by atoms with Gasteiger partial charge in [0.25, 0.3) is 0 Å². The minimum absolute atomic E-state index is 0.380. The van der Waals surface area contributed by atoms with Gasteiger partial charge in [0.05, 0.1) is 24.6 Å². The Morgan fingerprint density at radius 1 is 0.647 bits per heavy atom. The van der Waals surface area contributed by atoms with E-state index in [1.807, 2.05) is 36.4 Å². The summed E-state index contributed by atoms with van der Waals surface area (Å²) in [5.41, 5.74) is 4.04. The molecule has 0 N–H and O–H groups in total. The summed E-state index contributed by atoms with van der Waals surface area (Å²) < 4.78 is 50.9. The molecule has 2 heterocycles. The van der Waals surface area contributed by atoms with Gasteiger partial charge in [-0.3, -0.25) is 14.5 Å². The van der Waals surface area contributed by atoms with E-state index in [0.29, 0.717) is 11.1 Å². The third kappa shape index (κ3) is 6.41. The van der Waals surface area contributed by atoms with Gasteiger partial charge >= 0.3 is 8.25 Å². The molecule has 2 aromatic heterocycles. The Labute approximate surface area is 197 Å². The van der Waals surface area contributed by atoms with E-state index >= 15 is 0 Å². The molecular weight excluding hydrogens is 457 g/mol. The lowest BCUT2D eigenvalue weighted by molar-refractivity contribution is 0.144. The highest BCUT2D eigenvalue weighted by atomic mass is 31.1. The molecule has 2 unspecified atom stereocenters. The van der Waals surface area contributed by atoms with E-state index in [0.717, 1.165) is 22.5 Å². The third-order valence-electron chi connectivity index (χ3n) is 5.16. The standard InChI is InChI=1S/C26H23F2N2O3P/c27-23(19-7-11-21(12-8-19)25-5-1-3-15-29-25)17-32-34(31)33-18-24(28)20-9-13-22(14-10-20)26-6-2-4-16-30-26/h1-16,23-24,34H,17-18H2. The summed E-state index contributed by atoms with van der Waals surface area (Å²) in [6.45, 7) is -0.896. The monoisotopic (exact) mass is 480 g/mol. The van der Waals surface area contributed by atoms with Crippen LogP contribution in [0.1, 0.15) is 23.5 Å². The zero-order valence-corrected chi connectivity index (χ0v) is 19.2. The normalized spacial score (nSPS) is 13.8. The molecule has 2 atom stereocenters. The van der Waals surface area contributed by atoms with Crippen LogP contribution < -0.4 is 0 Å². The second-order valence-corrected chi connectivity index (χ2v) is 8.56. The molecule has 0 amide bonds. The van der Waals surface area contributed by atoms with Gasteiger partial charge in [-0.15, -0.1) is 0 Å². The average Bonchev–Trinajstić information content (AvgIpc) is 2.91. The van der Waals surface area contributed by atoms with Crippen LogP contribution in [-0.4, -0.2) is 23.2 Å². The van der Waals surface area contributed by atoms with Gasteiger partial charge in [0.2, 0.25) is 0 Å². The van der Waals surface area contributed by atoms with Crippen molar-refractivity contribution in [2.75, 3.05) is 13.2 Å². The largest absolute Gasteiger partial charge is 0.319 e. The van der Waals surface area contributed by atoms with Gasteiger partial charge in [0.15, 0.2) is 0 Å². The Balaban J connectivity index is 1.23. The molecule has 0 bridgehead atoms. The summed E-state index contributed by atoms with van der Waals surface area (Å²) in [6.07, 6.45) is 0.393. The van der Waals surface area contributed by atoms with Crippen LogP contribution in [0.15, 0.2) is 97.3 Å². The molecule has 0 aliphatic heterocycles. The molecule has 0 saturated carbocycles. The van der Waals surface area contributed by atoms with Crippen molar-refractivity contribution in [3.05, 3.63) is 108 Å². The predicted molar refractivity (Wildman–Crippen MR) is 128 cm³/mol. The lowest BCUT2D eigenvalue weighted by Crippen LogP contribution is -2.03. The SMILES string of the molecule is O=[PH](OCC(F)c1ccc(-c2ccccn2)cc1)OCC(F)c1ccc(-c2ccccn2)cc1. The van der Waals surface area contributed by atoms with Crippen molar-refractivity contribution in [3.63, 3.8) is 0 Å². The summed E-state index contributed by atoms with van der Waals surface area (Å²) in [7, 11) is -3.05. The predicted octanol–water partition coefficient (Wildman–Crippen LogP) is 6.95. The lowest BCUT2D eigenvalue weighted by atomic mass is 10.1. The molecule has 0 aliphatic rings. The second kappa shape index (κ2) is 11.7. The van der Waals surface area contributed by atoms with Crippen LogP contribution in [0.3, 0.4) is 0 Å². The van der Waals surface area contributed by atoms with E-state index in [4.69, 9.17) is 9.05 Å². The minimum atomic E-state index is -3.05. The van der Waals surface area contributed by atoms with Crippen LogP contribution in [0.2, 0.25) is 0 Å². The van der Waals surface area contributed by atoms with Crippen molar-refractivity contribution in [3.8, 4) is 22.5 Å². The number of halogens is 2. The molecule has 4 rings (SSSR count). The van der Waals surface area contributed by atoms with Crippen LogP contribution in [0.5, 0.6) is 0 Å². The van der Waals surface area contributed by atoms with E-state index in [2.05, 4.69) is 9.97 Å². The van der Waals surface area contributed by atoms with Crippen molar-refractivity contribution < 1.29 is 22.4 Å². The van der Waals surface area contributed by atoms with Gasteiger partial charge < -0.3 is 9.05 Å². The van der Waals surface area contributed by atoms with E-state index in [1.54, 1.807) is 60.9 Å². The highest BCUT2D eigenvalue weighted by Gasteiger charge is 2.16.